The maximum atomic E-state index is 6.36. The Hall–Kier alpha value is -3.44. The molecule has 36 heavy (non-hydrogen) atoms. The van der Waals surface area contributed by atoms with Crippen LogP contribution in [0.5, 0.6) is 17.2 Å². The van der Waals surface area contributed by atoms with Crippen LogP contribution in [-0.4, -0.2) is 44.4 Å². The molecule has 3 aromatic carbocycles. The van der Waals surface area contributed by atoms with E-state index in [0.29, 0.717) is 18.7 Å². The molecule has 0 N–H and O–H groups in total. The van der Waals surface area contributed by atoms with Gasteiger partial charge in [0, 0.05) is 47.6 Å². The lowest BCUT2D eigenvalue weighted by Crippen LogP contribution is -2.39. The molecule has 0 radical (unpaired) electrons. The molecular formula is C31H37NO4. The predicted octanol–water partition coefficient (Wildman–Crippen LogP) is 7.21. The first kappa shape index (κ1) is 25.6. The summed E-state index contributed by atoms with van der Waals surface area (Å²) in [5, 5.41) is 1.09. The lowest BCUT2D eigenvalue weighted by atomic mass is 9.98. The minimum atomic E-state index is 0.501. The van der Waals surface area contributed by atoms with E-state index in [2.05, 4.69) is 62.9 Å². The van der Waals surface area contributed by atoms with E-state index in [1.54, 1.807) is 14.2 Å². The van der Waals surface area contributed by atoms with Crippen LogP contribution in [0, 0.1) is 0 Å². The van der Waals surface area contributed by atoms with Gasteiger partial charge in [-0.3, -0.25) is 4.90 Å². The summed E-state index contributed by atoms with van der Waals surface area (Å²) in [6, 6.07) is 23.4. The van der Waals surface area contributed by atoms with Crippen LogP contribution in [-0.2, 0) is 6.42 Å². The number of methoxy groups -OCH3 is 2. The highest BCUT2D eigenvalue weighted by molar-refractivity contribution is 5.89. The highest BCUT2D eigenvalue weighted by Crippen LogP contribution is 2.37. The molecule has 0 saturated carbocycles. The average molecular weight is 488 g/mol. The van der Waals surface area contributed by atoms with Gasteiger partial charge in [-0.1, -0.05) is 12.1 Å². The van der Waals surface area contributed by atoms with Gasteiger partial charge in [0.1, 0.15) is 35.2 Å². The van der Waals surface area contributed by atoms with Crippen molar-refractivity contribution < 1.29 is 18.6 Å². The molecule has 0 atom stereocenters. The average Bonchev–Trinajstić information content (AvgIpc) is 3.24. The van der Waals surface area contributed by atoms with Gasteiger partial charge in [-0.05, 0) is 81.8 Å². The van der Waals surface area contributed by atoms with E-state index in [1.165, 1.54) is 5.56 Å². The van der Waals surface area contributed by atoms with Crippen molar-refractivity contribution in [1.29, 1.82) is 0 Å². The van der Waals surface area contributed by atoms with Crippen molar-refractivity contribution in [3.05, 3.63) is 77.9 Å². The summed E-state index contributed by atoms with van der Waals surface area (Å²) >= 11 is 0. The van der Waals surface area contributed by atoms with E-state index in [9.17, 15) is 0 Å². The molecule has 4 aromatic rings. The third kappa shape index (κ3) is 5.85. The number of hydrogen-bond acceptors (Lipinski definition) is 5. The van der Waals surface area contributed by atoms with Gasteiger partial charge in [0.05, 0.1) is 14.2 Å². The number of furan rings is 1. The normalized spacial score (nSPS) is 11.6. The van der Waals surface area contributed by atoms with Gasteiger partial charge < -0.3 is 18.6 Å². The summed E-state index contributed by atoms with van der Waals surface area (Å²) in [4.78, 5) is 2.44. The van der Waals surface area contributed by atoms with E-state index in [0.717, 1.165) is 58.1 Å². The second-order valence-electron chi connectivity index (χ2n) is 9.59. The van der Waals surface area contributed by atoms with Crippen molar-refractivity contribution in [2.45, 2.75) is 46.2 Å². The van der Waals surface area contributed by atoms with Crippen molar-refractivity contribution in [2.24, 2.45) is 0 Å². The fourth-order valence-corrected chi connectivity index (χ4v) is 4.70. The van der Waals surface area contributed by atoms with Crippen molar-refractivity contribution in [3.8, 4) is 28.6 Å². The van der Waals surface area contributed by atoms with Crippen LogP contribution < -0.4 is 14.2 Å². The Morgan fingerprint density at radius 1 is 0.750 bits per heavy atom. The Balaban J connectivity index is 1.55. The Morgan fingerprint density at radius 3 is 1.97 bits per heavy atom. The topological polar surface area (TPSA) is 44.1 Å². The molecule has 190 valence electrons. The van der Waals surface area contributed by atoms with Crippen LogP contribution >= 0.6 is 0 Å². The zero-order chi connectivity index (χ0) is 25.7. The molecule has 0 saturated heterocycles. The summed E-state index contributed by atoms with van der Waals surface area (Å²) in [6.07, 6.45) is 0.745. The van der Waals surface area contributed by atoms with E-state index in [-0.39, 0.29) is 0 Å². The Morgan fingerprint density at radius 2 is 1.36 bits per heavy atom. The first-order chi connectivity index (χ1) is 17.4. The predicted molar refractivity (Wildman–Crippen MR) is 146 cm³/mol. The second kappa shape index (κ2) is 11.5. The first-order valence-electron chi connectivity index (χ1n) is 12.6. The van der Waals surface area contributed by atoms with E-state index >= 15 is 0 Å². The molecule has 0 aliphatic carbocycles. The molecule has 4 rings (SSSR count). The summed E-state index contributed by atoms with van der Waals surface area (Å²) in [7, 11) is 3.34. The smallest absolute Gasteiger partial charge is 0.138 e. The van der Waals surface area contributed by atoms with Crippen LogP contribution in [0.3, 0.4) is 0 Å². The van der Waals surface area contributed by atoms with E-state index in [4.69, 9.17) is 18.6 Å². The Kier molecular flexibility index (Phi) is 8.21. The number of rotatable bonds is 11. The Bertz CT molecular complexity index is 1250. The first-order valence-corrected chi connectivity index (χ1v) is 12.6. The molecule has 1 heterocycles. The maximum Gasteiger partial charge on any atom is 0.138 e. The van der Waals surface area contributed by atoms with Gasteiger partial charge in [-0.2, -0.15) is 0 Å². The zero-order valence-electron chi connectivity index (χ0n) is 22.2. The lowest BCUT2D eigenvalue weighted by Gasteiger charge is -2.30. The van der Waals surface area contributed by atoms with Gasteiger partial charge in [0.25, 0.3) is 0 Å². The molecule has 0 aliphatic rings. The largest absolute Gasteiger partial charge is 0.497 e. The molecule has 0 bridgehead atoms. The minimum absolute atomic E-state index is 0.501. The summed E-state index contributed by atoms with van der Waals surface area (Å²) in [5.74, 6) is 3.35. The van der Waals surface area contributed by atoms with Crippen LogP contribution in [0.4, 0.5) is 0 Å². The summed E-state index contributed by atoms with van der Waals surface area (Å²) in [6.45, 7) is 10.5. The highest BCUT2D eigenvalue weighted by Gasteiger charge is 2.18. The lowest BCUT2D eigenvalue weighted by molar-refractivity contribution is 0.142. The van der Waals surface area contributed by atoms with Gasteiger partial charge in [0.2, 0.25) is 0 Å². The molecule has 0 amide bonds. The molecule has 0 unspecified atom stereocenters. The van der Waals surface area contributed by atoms with Crippen LogP contribution in [0.15, 0.2) is 71.1 Å². The van der Waals surface area contributed by atoms with Crippen LogP contribution in [0.2, 0.25) is 0 Å². The van der Waals surface area contributed by atoms with Gasteiger partial charge in [-0.15, -0.1) is 0 Å². The Labute approximate surface area is 214 Å². The van der Waals surface area contributed by atoms with Gasteiger partial charge >= 0.3 is 0 Å². The number of nitrogens with zero attached hydrogens (tertiary/aromatic N) is 1. The second-order valence-corrected chi connectivity index (χ2v) is 9.59. The third-order valence-corrected chi connectivity index (χ3v) is 6.60. The van der Waals surface area contributed by atoms with Crippen molar-refractivity contribution >= 4 is 11.0 Å². The van der Waals surface area contributed by atoms with Gasteiger partial charge in [0.15, 0.2) is 0 Å². The molecule has 0 aliphatic heterocycles. The standard InChI is InChI=1S/C31H37NO4/c1-21(2)32(22(3)4)17-18-35-26-11-7-23(8-12-26)19-29-28-16-15-27(34-6)20-30(28)36-31(29)24-9-13-25(33-5)14-10-24/h7-16,20-22H,17-19H2,1-6H3. The van der Waals surface area contributed by atoms with Crippen LogP contribution in [0.1, 0.15) is 38.8 Å². The summed E-state index contributed by atoms with van der Waals surface area (Å²) < 4.78 is 23.2. The van der Waals surface area contributed by atoms with Gasteiger partial charge in [-0.25, -0.2) is 0 Å². The van der Waals surface area contributed by atoms with Crippen molar-refractivity contribution in [2.75, 3.05) is 27.4 Å². The maximum absolute atomic E-state index is 6.36. The number of benzene rings is 3. The fraction of sp³-hybridized carbons (Fsp3) is 0.355. The van der Waals surface area contributed by atoms with E-state index in [1.807, 2.05) is 36.4 Å². The summed E-state index contributed by atoms with van der Waals surface area (Å²) in [5.41, 5.74) is 4.17. The SMILES string of the molecule is COc1ccc(-c2oc3cc(OC)ccc3c2Cc2ccc(OCCN(C(C)C)C(C)C)cc2)cc1. The number of ether oxygens (including phenoxy) is 3. The fourth-order valence-electron chi connectivity index (χ4n) is 4.70. The van der Waals surface area contributed by atoms with Crippen LogP contribution in [0.25, 0.3) is 22.3 Å². The zero-order valence-corrected chi connectivity index (χ0v) is 22.2. The number of hydrogen-bond donors (Lipinski definition) is 0. The molecule has 1 aromatic heterocycles. The highest BCUT2D eigenvalue weighted by atomic mass is 16.5. The van der Waals surface area contributed by atoms with E-state index < -0.39 is 0 Å². The molecule has 0 spiro atoms. The quantitative estimate of drug-likeness (QED) is 0.224. The number of fused-ring (bicyclic) bond motifs is 1. The molecular weight excluding hydrogens is 450 g/mol. The molecule has 5 nitrogen and oxygen atoms in total. The third-order valence-electron chi connectivity index (χ3n) is 6.60. The van der Waals surface area contributed by atoms with Crippen molar-refractivity contribution in [1.82, 2.24) is 4.90 Å². The molecule has 5 heteroatoms. The monoisotopic (exact) mass is 487 g/mol. The van der Waals surface area contributed by atoms with Crippen molar-refractivity contribution in [3.63, 3.8) is 0 Å². The molecule has 0 fully saturated rings. The minimum Gasteiger partial charge on any atom is -0.497 e.